The number of pyridine rings is 1. The van der Waals surface area contributed by atoms with Gasteiger partial charge in [0, 0.05) is 30.8 Å². The van der Waals surface area contributed by atoms with E-state index < -0.39 is 17.7 Å². The summed E-state index contributed by atoms with van der Waals surface area (Å²) in [5.74, 6) is 0.930. The van der Waals surface area contributed by atoms with Crippen molar-refractivity contribution in [3.63, 3.8) is 0 Å². The van der Waals surface area contributed by atoms with Gasteiger partial charge in [-0.3, -0.25) is 9.55 Å². The predicted octanol–water partition coefficient (Wildman–Crippen LogP) is 3.42. The van der Waals surface area contributed by atoms with Gasteiger partial charge in [0.1, 0.15) is 5.75 Å². The maximum Gasteiger partial charge on any atom is 0.335 e. The van der Waals surface area contributed by atoms with E-state index >= 15 is 0 Å². The van der Waals surface area contributed by atoms with Crippen molar-refractivity contribution < 1.29 is 14.6 Å². The van der Waals surface area contributed by atoms with Gasteiger partial charge < -0.3 is 14.6 Å². The molecule has 4 aromatic rings. The minimum Gasteiger partial charge on any atom is -0.439 e. The third-order valence-electron chi connectivity index (χ3n) is 6.78. The van der Waals surface area contributed by atoms with Gasteiger partial charge in [0.15, 0.2) is 6.29 Å². The molecule has 2 aromatic carbocycles. The summed E-state index contributed by atoms with van der Waals surface area (Å²) in [6.07, 6.45) is 1.70. The molecule has 0 radical (unpaired) electrons. The Labute approximate surface area is 224 Å². The SMILES string of the molecule is CCO[C@@H](O)[C@H]1C[C@H](n2c(=O)[nH]/c(=N\c3ccc(Oc4ccccn4)cc3)n(Cc3ccc(C)cc3)c2=O)C1. The number of aromatic nitrogens is 4. The summed E-state index contributed by atoms with van der Waals surface area (Å²) in [6.45, 7) is 4.43. The van der Waals surface area contributed by atoms with E-state index in [1.54, 1.807) is 36.5 Å². The Morgan fingerprint density at radius 1 is 1.08 bits per heavy atom. The summed E-state index contributed by atoms with van der Waals surface area (Å²) in [7, 11) is 0. The normalized spacial score (nSPS) is 18.0. The molecular formula is C29H31N5O5. The standard InChI is InChI=1S/C29H31N5O5/c1-3-38-26(35)21-16-23(17-21)34-28(36)32-27(33(29(34)37)18-20-9-7-19(2)8-10-20)31-22-11-13-24(14-12-22)39-25-6-4-5-15-30-25/h4-15,21,23,26,35H,3,16-18H2,1-2H3,(H,31,32,36)/t21-,23-,26-/m1/s1. The number of benzene rings is 2. The Balaban J connectivity index is 1.49. The number of aliphatic hydroxyl groups excluding tert-OH is 1. The number of ether oxygens (including phenoxy) is 2. The van der Waals surface area contributed by atoms with Gasteiger partial charge in [-0.1, -0.05) is 35.9 Å². The van der Waals surface area contributed by atoms with Crippen molar-refractivity contribution in [1.29, 1.82) is 0 Å². The molecule has 1 aliphatic rings. The molecule has 202 valence electrons. The number of aliphatic hydroxyl groups is 1. The summed E-state index contributed by atoms with van der Waals surface area (Å²) < 4.78 is 13.7. The number of hydrogen-bond donors (Lipinski definition) is 2. The first-order valence-corrected chi connectivity index (χ1v) is 13.0. The number of nitrogens with one attached hydrogen (secondary N) is 1. The van der Waals surface area contributed by atoms with Crippen LogP contribution in [0.3, 0.4) is 0 Å². The lowest BCUT2D eigenvalue weighted by atomic mass is 9.79. The molecule has 2 heterocycles. The van der Waals surface area contributed by atoms with Crippen LogP contribution >= 0.6 is 0 Å². The first-order chi connectivity index (χ1) is 18.9. The molecule has 1 saturated carbocycles. The Bertz CT molecular complexity index is 1590. The quantitative estimate of drug-likeness (QED) is 0.320. The molecule has 10 heteroatoms. The van der Waals surface area contributed by atoms with Crippen molar-refractivity contribution in [3.8, 4) is 11.6 Å². The zero-order chi connectivity index (χ0) is 27.4. The molecule has 0 aliphatic heterocycles. The summed E-state index contributed by atoms with van der Waals surface area (Å²) >= 11 is 0. The first-order valence-electron chi connectivity index (χ1n) is 13.0. The van der Waals surface area contributed by atoms with Crippen molar-refractivity contribution in [1.82, 2.24) is 19.1 Å². The molecule has 10 nitrogen and oxygen atoms in total. The first kappa shape index (κ1) is 26.3. The van der Waals surface area contributed by atoms with Crippen LogP contribution < -0.4 is 21.7 Å². The third kappa shape index (κ3) is 6.08. The number of nitrogens with zero attached hydrogens (tertiary/aromatic N) is 4. The highest BCUT2D eigenvalue weighted by atomic mass is 16.6. The zero-order valence-electron chi connectivity index (χ0n) is 21.9. The lowest BCUT2D eigenvalue weighted by Crippen LogP contribution is -2.54. The monoisotopic (exact) mass is 529 g/mol. The highest BCUT2D eigenvalue weighted by Crippen LogP contribution is 2.38. The van der Waals surface area contributed by atoms with Gasteiger partial charge in [-0.25, -0.2) is 24.1 Å². The molecule has 1 aliphatic carbocycles. The third-order valence-corrected chi connectivity index (χ3v) is 6.78. The molecule has 39 heavy (non-hydrogen) atoms. The molecule has 1 fully saturated rings. The summed E-state index contributed by atoms with van der Waals surface area (Å²) in [5, 5.41) is 10.1. The molecular weight excluding hydrogens is 498 g/mol. The molecule has 0 unspecified atom stereocenters. The Kier molecular flexibility index (Phi) is 7.85. The van der Waals surface area contributed by atoms with Crippen LogP contribution in [0.2, 0.25) is 0 Å². The fourth-order valence-corrected chi connectivity index (χ4v) is 4.58. The fraction of sp³-hybridized carbons (Fsp3) is 0.310. The molecule has 0 amide bonds. The topological polar surface area (TPSA) is 124 Å². The van der Waals surface area contributed by atoms with Gasteiger partial charge in [-0.2, -0.15) is 0 Å². The molecule has 1 atom stereocenters. The Morgan fingerprint density at radius 3 is 2.49 bits per heavy atom. The van der Waals surface area contributed by atoms with Crippen molar-refractivity contribution >= 4 is 5.69 Å². The molecule has 5 rings (SSSR count). The fourth-order valence-electron chi connectivity index (χ4n) is 4.58. The van der Waals surface area contributed by atoms with E-state index in [-0.39, 0.29) is 24.1 Å². The molecule has 0 saturated heterocycles. The van der Waals surface area contributed by atoms with Gasteiger partial charge in [-0.15, -0.1) is 0 Å². The van der Waals surface area contributed by atoms with Crippen LogP contribution in [0, 0.1) is 12.8 Å². The lowest BCUT2D eigenvalue weighted by molar-refractivity contribution is -0.156. The van der Waals surface area contributed by atoms with E-state index in [1.807, 2.05) is 50.2 Å². The molecule has 2 aromatic heterocycles. The smallest absolute Gasteiger partial charge is 0.335 e. The van der Waals surface area contributed by atoms with Crippen LogP contribution in [0.1, 0.15) is 36.9 Å². The van der Waals surface area contributed by atoms with Gasteiger partial charge in [0.05, 0.1) is 12.2 Å². The molecule has 0 bridgehead atoms. The molecule has 0 spiro atoms. The van der Waals surface area contributed by atoms with Gasteiger partial charge >= 0.3 is 11.4 Å². The Morgan fingerprint density at radius 2 is 1.82 bits per heavy atom. The number of hydrogen-bond acceptors (Lipinski definition) is 7. The Hall–Kier alpha value is -4.28. The summed E-state index contributed by atoms with van der Waals surface area (Å²) in [4.78, 5) is 38.4. The molecule has 2 N–H and O–H groups in total. The summed E-state index contributed by atoms with van der Waals surface area (Å²) in [5.41, 5.74) is 1.69. The maximum absolute atomic E-state index is 13.7. The van der Waals surface area contributed by atoms with E-state index in [0.717, 1.165) is 11.1 Å². The zero-order valence-corrected chi connectivity index (χ0v) is 21.9. The average molecular weight is 530 g/mol. The maximum atomic E-state index is 13.7. The highest BCUT2D eigenvalue weighted by molar-refractivity contribution is 5.42. The second-order valence-electron chi connectivity index (χ2n) is 9.59. The second kappa shape index (κ2) is 11.6. The van der Waals surface area contributed by atoms with Crippen LogP contribution in [0.15, 0.2) is 87.5 Å². The van der Waals surface area contributed by atoms with E-state index in [1.165, 1.54) is 9.13 Å². The van der Waals surface area contributed by atoms with Crippen molar-refractivity contribution in [3.05, 3.63) is 111 Å². The number of aryl methyl sites for hydroxylation is 1. The lowest BCUT2D eigenvalue weighted by Gasteiger charge is -2.38. The van der Waals surface area contributed by atoms with E-state index in [9.17, 15) is 14.7 Å². The van der Waals surface area contributed by atoms with E-state index in [0.29, 0.717) is 36.8 Å². The highest BCUT2D eigenvalue weighted by Gasteiger charge is 2.37. The van der Waals surface area contributed by atoms with Crippen molar-refractivity contribution in [2.75, 3.05) is 6.61 Å². The van der Waals surface area contributed by atoms with Gasteiger partial charge in [0.25, 0.3) is 0 Å². The number of H-pyrrole nitrogens is 1. The minimum atomic E-state index is -0.903. The van der Waals surface area contributed by atoms with Crippen LogP contribution in [-0.2, 0) is 11.3 Å². The number of aromatic amines is 1. The predicted molar refractivity (Wildman–Crippen MR) is 145 cm³/mol. The number of rotatable bonds is 9. The van der Waals surface area contributed by atoms with Crippen molar-refractivity contribution in [2.24, 2.45) is 10.9 Å². The van der Waals surface area contributed by atoms with Crippen molar-refractivity contribution in [2.45, 2.75) is 45.6 Å². The van der Waals surface area contributed by atoms with E-state index in [2.05, 4.69) is 15.0 Å². The van der Waals surface area contributed by atoms with E-state index in [4.69, 9.17) is 9.47 Å². The van der Waals surface area contributed by atoms with Crippen LogP contribution in [0.4, 0.5) is 5.69 Å². The van der Waals surface area contributed by atoms with Crippen LogP contribution in [0.5, 0.6) is 11.6 Å². The van der Waals surface area contributed by atoms with Gasteiger partial charge in [0.2, 0.25) is 11.5 Å². The van der Waals surface area contributed by atoms with Gasteiger partial charge in [-0.05, 0) is 62.6 Å². The van der Waals surface area contributed by atoms with Crippen LogP contribution in [0.25, 0.3) is 0 Å². The minimum absolute atomic E-state index is 0.122. The summed E-state index contributed by atoms with van der Waals surface area (Å²) in [6, 6.07) is 19.9. The average Bonchev–Trinajstić information content (AvgIpc) is 2.90. The largest absolute Gasteiger partial charge is 0.439 e. The second-order valence-corrected chi connectivity index (χ2v) is 9.59. The van der Waals surface area contributed by atoms with Crippen LogP contribution in [-0.4, -0.2) is 37.1 Å².